The lowest BCUT2D eigenvalue weighted by atomic mass is 10.2. The fourth-order valence-corrected chi connectivity index (χ4v) is 3.23. The average Bonchev–Trinajstić information content (AvgIpc) is 2.68. The van der Waals surface area contributed by atoms with Crippen molar-refractivity contribution in [2.75, 3.05) is 49.1 Å². The summed E-state index contributed by atoms with van der Waals surface area (Å²) in [6, 6.07) is 2.92. The van der Waals surface area contributed by atoms with Gasteiger partial charge in [-0.3, -0.25) is 9.69 Å². The van der Waals surface area contributed by atoms with E-state index in [0.717, 1.165) is 5.82 Å². The van der Waals surface area contributed by atoms with E-state index >= 15 is 0 Å². The van der Waals surface area contributed by atoms with E-state index in [1.54, 1.807) is 24.8 Å². The summed E-state index contributed by atoms with van der Waals surface area (Å²) >= 11 is 0. The Labute approximate surface area is 183 Å². The first-order valence-corrected chi connectivity index (χ1v) is 10.4. The van der Waals surface area contributed by atoms with Crippen molar-refractivity contribution in [2.45, 2.75) is 46.6 Å². The van der Waals surface area contributed by atoms with E-state index in [0.29, 0.717) is 37.6 Å². The summed E-state index contributed by atoms with van der Waals surface area (Å²) in [5, 5.41) is 0. The van der Waals surface area contributed by atoms with Crippen LogP contribution in [-0.2, 0) is 14.3 Å². The summed E-state index contributed by atoms with van der Waals surface area (Å²) in [6.45, 7) is 11.7. The molecule has 2 heterocycles. The van der Waals surface area contributed by atoms with Crippen LogP contribution in [0.1, 0.15) is 39.8 Å². The van der Waals surface area contributed by atoms with Crippen LogP contribution in [0.5, 0.6) is 0 Å². The minimum Gasteiger partial charge on any atom is -0.466 e. The number of aryl methyl sites for hydroxylation is 1. The van der Waals surface area contributed by atoms with Gasteiger partial charge in [-0.1, -0.05) is 0 Å². The van der Waals surface area contributed by atoms with Crippen LogP contribution in [0.4, 0.5) is 21.1 Å². The number of esters is 1. The Morgan fingerprint density at radius 2 is 1.81 bits per heavy atom. The predicted octanol–water partition coefficient (Wildman–Crippen LogP) is 2.29. The molecule has 172 valence electrons. The minimum atomic E-state index is -0.659. The Balaban J connectivity index is 2.02. The summed E-state index contributed by atoms with van der Waals surface area (Å²) in [6.07, 6.45) is -0.268. The number of aromatic nitrogens is 1. The topological polar surface area (TPSA) is 118 Å². The molecule has 0 spiro atoms. The van der Waals surface area contributed by atoms with Crippen molar-refractivity contribution in [1.29, 1.82) is 0 Å². The van der Waals surface area contributed by atoms with E-state index in [9.17, 15) is 14.4 Å². The zero-order valence-electron chi connectivity index (χ0n) is 19.0. The van der Waals surface area contributed by atoms with Crippen molar-refractivity contribution in [3.63, 3.8) is 0 Å². The standard InChI is InChI=1S/C21H33N5O5/c1-6-30-18(27)9-10-26(19(22)28)16-7-8-17(23-15(16)2)24-11-13-25(14-12-24)20(29)31-21(3,4)5/h7-8H,6,9-14H2,1-5H3,(H2,22,28). The molecule has 2 N–H and O–H groups in total. The molecule has 1 aliphatic heterocycles. The summed E-state index contributed by atoms with van der Waals surface area (Å²) in [5.74, 6) is 0.360. The molecular formula is C21H33N5O5. The van der Waals surface area contributed by atoms with Crippen LogP contribution < -0.4 is 15.5 Å². The second kappa shape index (κ2) is 10.3. The summed E-state index contributed by atoms with van der Waals surface area (Å²) in [4.78, 5) is 45.5. The van der Waals surface area contributed by atoms with Crippen molar-refractivity contribution < 1.29 is 23.9 Å². The number of amides is 3. The van der Waals surface area contributed by atoms with Gasteiger partial charge in [0, 0.05) is 32.7 Å². The van der Waals surface area contributed by atoms with Crippen LogP contribution in [0, 0.1) is 6.92 Å². The van der Waals surface area contributed by atoms with Gasteiger partial charge in [-0.2, -0.15) is 0 Å². The van der Waals surface area contributed by atoms with Crippen LogP contribution in [0.25, 0.3) is 0 Å². The van der Waals surface area contributed by atoms with Crippen molar-refractivity contribution in [3.05, 3.63) is 17.8 Å². The number of carbonyl (C=O) groups excluding carboxylic acids is 3. The number of piperazine rings is 1. The number of nitrogens with two attached hydrogens (primary N) is 1. The molecule has 0 aliphatic carbocycles. The lowest BCUT2D eigenvalue weighted by Crippen LogP contribution is -2.50. The van der Waals surface area contributed by atoms with Gasteiger partial charge in [0.25, 0.3) is 0 Å². The summed E-state index contributed by atoms with van der Waals surface area (Å²) < 4.78 is 10.3. The highest BCUT2D eigenvalue weighted by molar-refractivity contribution is 5.92. The number of urea groups is 1. The number of nitrogens with zero attached hydrogens (tertiary/aromatic N) is 4. The van der Waals surface area contributed by atoms with Gasteiger partial charge in [0.2, 0.25) is 0 Å². The van der Waals surface area contributed by atoms with E-state index in [-0.39, 0.29) is 31.6 Å². The highest BCUT2D eigenvalue weighted by Gasteiger charge is 2.27. The van der Waals surface area contributed by atoms with Crippen molar-refractivity contribution in [2.24, 2.45) is 5.73 Å². The zero-order valence-corrected chi connectivity index (χ0v) is 19.0. The summed E-state index contributed by atoms with van der Waals surface area (Å²) in [5.41, 5.74) is 6.16. The molecule has 0 radical (unpaired) electrons. The zero-order chi connectivity index (χ0) is 23.2. The maximum Gasteiger partial charge on any atom is 0.410 e. The maximum atomic E-state index is 12.2. The van der Waals surface area contributed by atoms with Crippen LogP contribution in [0.2, 0.25) is 0 Å². The van der Waals surface area contributed by atoms with Gasteiger partial charge in [-0.05, 0) is 46.8 Å². The Hall–Kier alpha value is -3.04. The van der Waals surface area contributed by atoms with Gasteiger partial charge in [0.05, 0.1) is 24.4 Å². The fourth-order valence-electron chi connectivity index (χ4n) is 3.23. The second-order valence-corrected chi connectivity index (χ2v) is 8.27. The molecule has 1 fully saturated rings. The normalized spacial score (nSPS) is 14.2. The lowest BCUT2D eigenvalue weighted by Gasteiger charge is -2.36. The third-order valence-corrected chi connectivity index (χ3v) is 4.70. The Morgan fingerprint density at radius 3 is 2.32 bits per heavy atom. The highest BCUT2D eigenvalue weighted by Crippen LogP contribution is 2.24. The molecule has 1 aromatic heterocycles. The molecule has 1 aromatic rings. The van der Waals surface area contributed by atoms with Crippen LogP contribution in [0.3, 0.4) is 0 Å². The Kier molecular flexibility index (Phi) is 8.07. The number of rotatable bonds is 6. The van der Waals surface area contributed by atoms with Gasteiger partial charge in [-0.25, -0.2) is 14.6 Å². The highest BCUT2D eigenvalue weighted by atomic mass is 16.6. The smallest absolute Gasteiger partial charge is 0.410 e. The number of pyridine rings is 1. The SMILES string of the molecule is CCOC(=O)CCN(C(N)=O)c1ccc(N2CCN(C(=O)OC(C)(C)C)CC2)nc1C. The molecule has 0 bridgehead atoms. The number of primary amides is 1. The van der Waals surface area contributed by atoms with Gasteiger partial charge in [0.1, 0.15) is 11.4 Å². The number of ether oxygens (including phenoxy) is 2. The van der Waals surface area contributed by atoms with Crippen LogP contribution >= 0.6 is 0 Å². The number of hydrogen-bond donors (Lipinski definition) is 1. The van der Waals surface area contributed by atoms with Gasteiger partial charge in [0.15, 0.2) is 0 Å². The maximum absolute atomic E-state index is 12.2. The molecule has 10 nitrogen and oxygen atoms in total. The van der Waals surface area contributed by atoms with Crippen molar-refractivity contribution >= 4 is 29.6 Å². The van der Waals surface area contributed by atoms with Crippen molar-refractivity contribution in [3.8, 4) is 0 Å². The van der Waals surface area contributed by atoms with Gasteiger partial charge >= 0.3 is 18.1 Å². The first kappa shape index (κ1) is 24.2. The molecule has 31 heavy (non-hydrogen) atoms. The molecule has 2 rings (SSSR count). The first-order valence-electron chi connectivity index (χ1n) is 10.4. The van der Waals surface area contributed by atoms with Crippen LogP contribution in [-0.4, -0.2) is 72.9 Å². The van der Waals surface area contributed by atoms with Gasteiger partial charge < -0.3 is 25.0 Å². The largest absolute Gasteiger partial charge is 0.466 e. The van der Waals surface area contributed by atoms with E-state index in [1.165, 1.54) is 4.90 Å². The third-order valence-electron chi connectivity index (χ3n) is 4.70. The number of anilines is 2. The monoisotopic (exact) mass is 435 g/mol. The van der Waals surface area contributed by atoms with E-state index < -0.39 is 11.6 Å². The molecule has 10 heteroatoms. The molecule has 0 saturated carbocycles. The molecule has 0 atom stereocenters. The average molecular weight is 436 g/mol. The molecule has 0 unspecified atom stereocenters. The number of hydrogen-bond acceptors (Lipinski definition) is 7. The molecule has 3 amide bonds. The third kappa shape index (κ3) is 7.01. The van der Waals surface area contributed by atoms with Gasteiger partial charge in [-0.15, -0.1) is 0 Å². The minimum absolute atomic E-state index is 0.0462. The summed E-state index contributed by atoms with van der Waals surface area (Å²) in [7, 11) is 0. The Bertz CT molecular complexity index is 800. The molecular weight excluding hydrogens is 402 g/mol. The fraction of sp³-hybridized carbons (Fsp3) is 0.619. The quantitative estimate of drug-likeness (QED) is 0.681. The van der Waals surface area contributed by atoms with Crippen molar-refractivity contribution in [1.82, 2.24) is 9.88 Å². The predicted molar refractivity (Wildman–Crippen MR) is 117 cm³/mol. The molecule has 1 aliphatic rings. The first-order chi connectivity index (χ1) is 14.5. The van der Waals surface area contributed by atoms with E-state index in [1.807, 2.05) is 26.8 Å². The van der Waals surface area contributed by atoms with E-state index in [4.69, 9.17) is 15.2 Å². The Morgan fingerprint density at radius 1 is 1.16 bits per heavy atom. The van der Waals surface area contributed by atoms with Crippen LogP contribution in [0.15, 0.2) is 12.1 Å². The molecule has 0 aromatic carbocycles. The number of carbonyl (C=O) groups is 3. The van der Waals surface area contributed by atoms with E-state index in [2.05, 4.69) is 9.88 Å². The molecule has 1 saturated heterocycles. The second-order valence-electron chi connectivity index (χ2n) is 8.27. The lowest BCUT2D eigenvalue weighted by molar-refractivity contribution is -0.142.